The molecule has 0 saturated heterocycles. The van der Waals surface area contributed by atoms with Crippen molar-refractivity contribution in [2.45, 2.75) is 25.7 Å². The van der Waals surface area contributed by atoms with Crippen molar-refractivity contribution in [2.75, 3.05) is 5.32 Å². The normalized spacial score (nSPS) is 16.6. The number of nitrogens with zero attached hydrogens (tertiary/aromatic N) is 1. The van der Waals surface area contributed by atoms with Gasteiger partial charge in [0.25, 0.3) is 5.91 Å². The van der Waals surface area contributed by atoms with E-state index in [0.717, 1.165) is 12.8 Å². The average molecular weight is 257 g/mol. The number of nitriles is 1. The highest BCUT2D eigenvalue weighted by Crippen LogP contribution is 2.38. The number of benzene rings is 1. The summed E-state index contributed by atoms with van der Waals surface area (Å²) in [6.45, 7) is 0. The van der Waals surface area contributed by atoms with Crippen molar-refractivity contribution in [1.29, 1.82) is 5.26 Å². The summed E-state index contributed by atoms with van der Waals surface area (Å²) >= 11 is 0. The van der Waals surface area contributed by atoms with Crippen molar-refractivity contribution in [1.82, 2.24) is 0 Å². The second-order valence-corrected chi connectivity index (χ2v) is 4.76. The molecule has 0 aromatic heterocycles. The van der Waals surface area contributed by atoms with E-state index in [1.54, 1.807) is 24.3 Å². The zero-order valence-corrected chi connectivity index (χ0v) is 10.5. The Morgan fingerprint density at radius 3 is 2.47 bits per heavy atom. The van der Waals surface area contributed by atoms with Gasteiger partial charge in [-0.3, -0.25) is 9.59 Å². The molecule has 98 valence electrons. The molecule has 0 aliphatic heterocycles. The van der Waals surface area contributed by atoms with E-state index in [1.807, 2.05) is 0 Å². The quantitative estimate of drug-likeness (QED) is 0.864. The third kappa shape index (κ3) is 2.43. The molecule has 5 heteroatoms. The lowest BCUT2D eigenvalue weighted by atomic mass is 9.87. The molecule has 0 bridgehead atoms. The van der Waals surface area contributed by atoms with E-state index in [9.17, 15) is 14.9 Å². The first-order chi connectivity index (χ1) is 9.09. The summed E-state index contributed by atoms with van der Waals surface area (Å²) < 4.78 is 0. The second-order valence-electron chi connectivity index (χ2n) is 4.76. The van der Waals surface area contributed by atoms with Crippen LogP contribution in [0.5, 0.6) is 0 Å². The Hall–Kier alpha value is -2.35. The molecule has 2 amide bonds. The largest absolute Gasteiger partial charge is 0.366 e. The van der Waals surface area contributed by atoms with Crippen LogP contribution in [-0.2, 0) is 4.79 Å². The lowest BCUT2D eigenvalue weighted by Crippen LogP contribution is -2.33. The molecule has 0 spiro atoms. The van der Waals surface area contributed by atoms with Gasteiger partial charge in [0.1, 0.15) is 5.41 Å². The maximum atomic E-state index is 12.3. The Kier molecular flexibility index (Phi) is 3.52. The summed E-state index contributed by atoms with van der Waals surface area (Å²) in [4.78, 5) is 23.5. The molecule has 1 aliphatic rings. The molecule has 1 saturated carbocycles. The molecule has 19 heavy (non-hydrogen) atoms. The van der Waals surface area contributed by atoms with E-state index < -0.39 is 11.3 Å². The predicted molar refractivity (Wildman–Crippen MR) is 70.1 cm³/mol. The van der Waals surface area contributed by atoms with E-state index in [1.165, 1.54) is 0 Å². The van der Waals surface area contributed by atoms with E-state index in [0.29, 0.717) is 18.5 Å². The van der Waals surface area contributed by atoms with Crippen molar-refractivity contribution in [3.8, 4) is 6.07 Å². The number of nitrogens with two attached hydrogens (primary N) is 1. The van der Waals surface area contributed by atoms with Crippen LogP contribution in [0.15, 0.2) is 24.3 Å². The Morgan fingerprint density at radius 1 is 1.26 bits per heavy atom. The van der Waals surface area contributed by atoms with Crippen molar-refractivity contribution < 1.29 is 9.59 Å². The van der Waals surface area contributed by atoms with Gasteiger partial charge in [-0.1, -0.05) is 25.0 Å². The molecule has 1 aromatic carbocycles. The van der Waals surface area contributed by atoms with Crippen molar-refractivity contribution in [2.24, 2.45) is 11.1 Å². The molecule has 0 unspecified atom stereocenters. The van der Waals surface area contributed by atoms with Crippen molar-refractivity contribution >= 4 is 17.5 Å². The van der Waals surface area contributed by atoms with Crippen LogP contribution in [0.1, 0.15) is 36.0 Å². The van der Waals surface area contributed by atoms with E-state index >= 15 is 0 Å². The lowest BCUT2D eigenvalue weighted by Gasteiger charge is -2.20. The molecule has 5 nitrogen and oxygen atoms in total. The summed E-state index contributed by atoms with van der Waals surface area (Å²) in [5.74, 6) is -0.950. The number of hydrogen-bond acceptors (Lipinski definition) is 3. The first-order valence-electron chi connectivity index (χ1n) is 6.20. The minimum absolute atomic E-state index is 0.252. The Morgan fingerprint density at radius 2 is 1.89 bits per heavy atom. The Bertz CT molecular complexity index is 554. The Balaban J connectivity index is 2.25. The van der Waals surface area contributed by atoms with E-state index in [-0.39, 0.29) is 11.5 Å². The van der Waals surface area contributed by atoms with Gasteiger partial charge in [-0.25, -0.2) is 0 Å². The van der Waals surface area contributed by atoms with Crippen LogP contribution in [0, 0.1) is 16.7 Å². The first-order valence-corrected chi connectivity index (χ1v) is 6.20. The van der Waals surface area contributed by atoms with Gasteiger partial charge >= 0.3 is 0 Å². The Labute approximate surface area is 111 Å². The highest BCUT2D eigenvalue weighted by atomic mass is 16.2. The van der Waals surface area contributed by atoms with Crippen LogP contribution >= 0.6 is 0 Å². The predicted octanol–water partition coefficient (Wildman–Crippen LogP) is 1.81. The maximum Gasteiger partial charge on any atom is 0.250 e. The minimum Gasteiger partial charge on any atom is -0.366 e. The highest BCUT2D eigenvalue weighted by Gasteiger charge is 2.41. The van der Waals surface area contributed by atoms with E-state index in [2.05, 4.69) is 11.4 Å². The van der Waals surface area contributed by atoms with Crippen LogP contribution in [-0.4, -0.2) is 11.8 Å². The minimum atomic E-state index is -0.968. The topological polar surface area (TPSA) is 96.0 Å². The van der Waals surface area contributed by atoms with Gasteiger partial charge in [0.2, 0.25) is 5.91 Å². The summed E-state index contributed by atoms with van der Waals surface area (Å²) in [7, 11) is 0. The number of rotatable bonds is 3. The number of amides is 2. The van der Waals surface area contributed by atoms with Gasteiger partial charge in [0.05, 0.1) is 17.3 Å². The standard InChI is InChI=1S/C14H15N3O2/c15-9-14(7-3-4-8-14)13(19)17-11-6-2-1-5-10(11)12(16)18/h1-2,5-6H,3-4,7-8H2,(H2,16,18)(H,17,19). The van der Waals surface area contributed by atoms with Crippen LogP contribution in [0.25, 0.3) is 0 Å². The van der Waals surface area contributed by atoms with Gasteiger partial charge in [0.15, 0.2) is 0 Å². The SMILES string of the molecule is N#CC1(C(=O)Nc2ccccc2C(N)=O)CCCC1. The molecule has 3 N–H and O–H groups in total. The summed E-state index contributed by atoms with van der Waals surface area (Å²) in [5.41, 5.74) is 4.90. The third-order valence-electron chi connectivity index (χ3n) is 3.55. The number of nitrogens with one attached hydrogen (secondary N) is 1. The molecule has 1 aromatic rings. The number of hydrogen-bond donors (Lipinski definition) is 2. The monoisotopic (exact) mass is 257 g/mol. The van der Waals surface area contributed by atoms with Gasteiger partial charge < -0.3 is 11.1 Å². The van der Waals surface area contributed by atoms with Gasteiger partial charge in [-0.05, 0) is 25.0 Å². The number of anilines is 1. The first kappa shape index (κ1) is 13.1. The highest BCUT2D eigenvalue weighted by molar-refractivity contribution is 6.05. The van der Waals surface area contributed by atoms with Crippen molar-refractivity contribution in [3.63, 3.8) is 0 Å². The lowest BCUT2D eigenvalue weighted by molar-refractivity contribution is -0.122. The summed E-state index contributed by atoms with van der Waals surface area (Å²) in [6, 6.07) is 8.65. The third-order valence-corrected chi connectivity index (χ3v) is 3.55. The molecule has 0 atom stereocenters. The molecule has 0 radical (unpaired) electrons. The average Bonchev–Trinajstić information content (AvgIpc) is 2.89. The van der Waals surface area contributed by atoms with Crippen LogP contribution in [0.2, 0.25) is 0 Å². The summed E-state index contributed by atoms with van der Waals surface area (Å²) in [5, 5.41) is 11.9. The summed E-state index contributed by atoms with van der Waals surface area (Å²) in [6.07, 6.45) is 2.87. The number of carbonyl (C=O) groups excluding carboxylic acids is 2. The molecular formula is C14H15N3O2. The maximum absolute atomic E-state index is 12.3. The second kappa shape index (κ2) is 5.11. The van der Waals surface area contributed by atoms with Gasteiger partial charge in [-0.2, -0.15) is 5.26 Å². The molecule has 2 rings (SSSR count). The number of primary amides is 1. The van der Waals surface area contributed by atoms with Crippen LogP contribution < -0.4 is 11.1 Å². The molecule has 1 fully saturated rings. The van der Waals surface area contributed by atoms with Crippen LogP contribution in [0.4, 0.5) is 5.69 Å². The fraction of sp³-hybridized carbons (Fsp3) is 0.357. The van der Waals surface area contributed by atoms with Gasteiger partial charge in [0, 0.05) is 0 Å². The van der Waals surface area contributed by atoms with Crippen molar-refractivity contribution in [3.05, 3.63) is 29.8 Å². The fourth-order valence-electron chi connectivity index (χ4n) is 2.42. The molecule has 1 aliphatic carbocycles. The zero-order valence-electron chi connectivity index (χ0n) is 10.5. The fourth-order valence-corrected chi connectivity index (χ4v) is 2.42. The van der Waals surface area contributed by atoms with Gasteiger partial charge in [-0.15, -0.1) is 0 Å². The molecule has 0 heterocycles. The van der Waals surface area contributed by atoms with Crippen LogP contribution in [0.3, 0.4) is 0 Å². The zero-order chi connectivity index (χ0) is 13.9. The van der Waals surface area contributed by atoms with E-state index in [4.69, 9.17) is 5.73 Å². The number of carbonyl (C=O) groups is 2. The number of para-hydroxylation sites is 1. The smallest absolute Gasteiger partial charge is 0.250 e. The molecular weight excluding hydrogens is 242 g/mol.